The molecule has 0 bridgehead atoms. The van der Waals surface area contributed by atoms with Gasteiger partial charge in [0.2, 0.25) is 11.8 Å². The highest BCUT2D eigenvalue weighted by Gasteiger charge is 2.12. The lowest BCUT2D eigenvalue weighted by molar-refractivity contribution is -0.121. The van der Waals surface area contributed by atoms with Gasteiger partial charge in [-0.1, -0.05) is 30.3 Å². The minimum absolute atomic E-state index is 0.111. The third kappa shape index (κ3) is 3.93. The molecule has 140 valence electrons. The van der Waals surface area contributed by atoms with Gasteiger partial charge < -0.3 is 14.5 Å². The van der Waals surface area contributed by atoms with E-state index in [0.29, 0.717) is 29.3 Å². The van der Waals surface area contributed by atoms with Gasteiger partial charge in [-0.15, -0.1) is 0 Å². The van der Waals surface area contributed by atoms with Crippen LogP contribution in [-0.4, -0.2) is 15.5 Å². The predicted octanol–water partition coefficient (Wildman–Crippen LogP) is 3.10. The summed E-state index contributed by atoms with van der Waals surface area (Å²) in [6.45, 7) is 0.197. The van der Waals surface area contributed by atoms with Gasteiger partial charge in [0.1, 0.15) is 12.3 Å². The summed E-state index contributed by atoms with van der Waals surface area (Å²) in [4.78, 5) is 28.4. The van der Waals surface area contributed by atoms with E-state index < -0.39 is 5.76 Å². The van der Waals surface area contributed by atoms with E-state index in [1.165, 1.54) is 4.57 Å². The molecule has 0 aliphatic carbocycles. The number of carbonyl (C=O) groups is 1. The zero-order valence-corrected chi connectivity index (χ0v) is 14.9. The number of hydrogen-bond acceptors (Lipinski definition) is 5. The number of amides is 1. The summed E-state index contributed by atoms with van der Waals surface area (Å²) in [7, 11) is 0. The molecule has 0 aliphatic rings. The van der Waals surface area contributed by atoms with E-state index in [2.05, 4.69) is 10.3 Å². The number of hydrogen-bond donors (Lipinski definition) is 1. The van der Waals surface area contributed by atoms with Crippen molar-refractivity contribution in [2.24, 2.45) is 0 Å². The molecule has 2 aromatic heterocycles. The number of carbonyl (C=O) groups excluding carboxylic acids is 1. The Morgan fingerprint density at radius 3 is 2.79 bits per heavy atom. The van der Waals surface area contributed by atoms with Crippen LogP contribution in [0.15, 0.2) is 82.1 Å². The number of pyridine rings is 1. The average molecular weight is 375 g/mol. The number of para-hydroxylation sites is 2. The van der Waals surface area contributed by atoms with Crippen LogP contribution >= 0.6 is 0 Å². The highest BCUT2D eigenvalue weighted by Crippen LogP contribution is 2.20. The lowest BCUT2D eigenvalue weighted by Crippen LogP contribution is -2.30. The third-order valence-electron chi connectivity index (χ3n) is 4.12. The number of fused-ring (bicyclic) bond motifs is 1. The fourth-order valence-electron chi connectivity index (χ4n) is 2.81. The van der Waals surface area contributed by atoms with Gasteiger partial charge >= 0.3 is 5.76 Å². The van der Waals surface area contributed by atoms with Crippen LogP contribution in [0, 0.1) is 0 Å². The molecule has 0 unspecified atom stereocenters. The fourth-order valence-corrected chi connectivity index (χ4v) is 2.81. The molecular weight excluding hydrogens is 358 g/mol. The van der Waals surface area contributed by atoms with E-state index in [1.54, 1.807) is 36.5 Å². The van der Waals surface area contributed by atoms with E-state index in [4.69, 9.17) is 9.15 Å². The molecule has 0 saturated carbocycles. The van der Waals surface area contributed by atoms with Crippen molar-refractivity contribution in [3.05, 3.63) is 89.0 Å². The number of aromatic nitrogens is 2. The van der Waals surface area contributed by atoms with Gasteiger partial charge in [-0.2, -0.15) is 0 Å². The van der Waals surface area contributed by atoms with Crippen molar-refractivity contribution >= 4 is 17.0 Å². The molecule has 7 nitrogen and oxygen atoms in total. The Bertz CT molecular complexity index is 1160. The molecule has 0 spiro atoms. The normalized spacial score (nSPS) is 10.7. The molecule has 7 heteroatoms. The summed E-state index contributed by atoms with van der Waals surface area (Å²) in [6, 6.07) is 19.8. The van der Waals surface area contributed by atoms with Crippen LogP contribution in [-0.2, 0) is 17.9 Å². The molecular formula is C21H17N3O4. The second-order valence-corrected chi connectivity index (χ2v) is 6.12. The predicted molar refractivity (Wildman–Crippen MR) is 103 cm³/mol. The van der Waals surface area contributed by atoms with Crippen LogP contribution in [0.25, 0.3) is 11.1 Å². The maximum absolute atomic E-state index is 12.3. The zero-order chi connectivity index (χ0) is 19.3. The molecule has 28 heavy (non-hydrogen) atoms. The van der Waals surface area contributed by atoms with Crippen molar-refractivity contribution in [1.29, 1.82) is 0 Å². The molecule has 4 aromatic rings. The summed E-state index contributed by atoms with van der Waals surface area (Å²) in [5.41, 5.74) is 1.92. The van der Waals surface area contributed by atoms with Crippen molar-refractivity contribution in [3.63, 3.8) is 0 Å². The summed E-state index contributed by atoms with van der Waals surface area (Å²) in [5.74, 6) is 0.282. The highest BCUT2D eigenvalue weighted by atomic mass is 16.5. The number of rotatable bonds is 6. The van der Waals surface area contributed by atoms with Gasteiger partial charge in [-0.3, -0.25) is 9.36 Å². The number of oxazole rings is 1. The van der Waals surface area contributed by atoms with Crippen molar-refractivity contribution in [2.75, 3.05) is 0 Å². The quantitative estimate of drug-likeness (QED) is 0.560. The molecule has 4 rings (SSSR count). The van der Waals surface area contributed by atoms with E-state index in [-0.39, 0.29) is 12.5 Å². The first kappa shape index (κ1) is 17.5. The number of nitrogens with one attached hydrogen (secondary N) is 1. The second kappa shape index (κ2) is 7.79. The van der Waals surface area contributed by atoms with Crippen LogP contribution in [0.4, 0.5) is 0 Å². The van der Waals surface area contributed by atoms with Gasteiger partial charge in [-0.05, 0) is 35.9 Å². The number of ether oxygens (including phenoxy) is 1. The Kier molecular flexibility index (Phi) is 4.88. The molecule has 0 aliphatic heterocycles. The summed E-state index contributed by atoms with van der Waals surface area (Å²) in [5, 5.41) is 2.81. The molecule has 2 aromatic carbocycles. The fraction of sp³-hybridized carbons (Fsp3) is 0.0952. The first-order valence-corrected chi connectivity index (χ1v) is 8.72. The summed E-state index contributed by atoms with van der Waals surface area (Å²) in [6.07, 6.45) is 1.65. The number of benzene rings is 2. The van der Waals surface area contributed by atoms with Gasteiger partial charge in [-0.25, -0.2) is 9.78 Å². The summed E-state index contributed by atoms with van der Waals surface area (Å²) < 4.78 is 12.1. The topological polar surface area (TPSA) is 86.4 Å². The van der Waals surface area contributed by atoms with Crippen molar-refractivity contribution in [2.45, 2.75) is 13.1 Å². The Balaban J connectivity index is 1.40. The maximum Gasteiger partial charge on any atom is 0.420 e. The third-order valence-corrected chi connectivity index (χ3v) is 4.12. The smallest absolute Gasteiger partial charge is 0.420 e. The van der Waals surface area contributed by atoms with E-state index >= 15 is 0 Å². The largest absolute Gasteiger partial charge is 0.439 e. The monoisotopic (exact) mass is 375 g/mol. The van der Waals surface area contributed by atoms with Gasteiger partial charge in [0.25, 0.3) is 0 Å². The van der Waals surface area contributed by atoms with E-state index in [9.17, 15) is 9.59 Å². The molecule has 0 saturated heterocycles. The Labute approximate surface area is 160 Å². The molecule has 0 atom stereocenters. The number of nitrogens with zero attached hydrogens (tertiary/aromatic N) is 2. The molecule has 0 fully saturated rings. The Morgan fingerprint density at radius 2 is 1.93 bits per heavy atom. The lowest BCUT2D eigenvalue weighted by Gasteiger charge is -2.08. The van der Waals surface area contributed by atoms with Gasteiger partial charge in [0.05, 0.1) is 5.52 Å². The standard InChI is InChI=1S/C21H17N3O4/c25-19(14-24-17-8-1-2-9-18(17)28-21(24)26)23-13-15-6-5-7-16(12-15)27-20-10-3-4-11-22-20/h1-12H,13-14H2,(H,23,25). The molecule has 1 amide bonds. The first-order chi connectivity index (χ1) is 13.7. The first-order valence-electron chi connectivity index (χ1n) is 8.72. The summed E-state index contributed by atoms with van der Waals surface area (Å²) >= 11 is 0. The molecule has 0 radical (unpaired) electrons. The SMILES string of the molecule is O=C(Cn1c(=O)oc2ccccc21)NCc1cccc(Oc2ccccn2)c1. The molecule has 2 heterocycles. The Hall–Kier alpha value is -3.87. The second-order valence-electron chi connectivity index (χ2n) is 6.12. The minimum atomic E-state index is -0.554. The maximum atomic E-state index is 12.3. The van der Waals surface area contributed by atoms with Crippen LogP contribution in [0.2, 0.25) is 0 Å². The van der Waals surface area contributed by atoms with E-state index in [1.807, 2.05) is 36.4 Å². The average Bonchev–Trinajstić information content (AvgIpc) is 3.03. The van der Waals surface area contributed by atoms with Crippen LogP contribution in [0.5, 0.6) is 11.6 Å². The van der Waals surface area contributed by atoms with Crippen LogP contribution < -0.4 is 15.8 Å². The highest BCUT2D eigenvalue weighted by molar-refractivity contribution is 5.79. The van der Waals surface area contributed by atoms with Crippen LogP contribution in [0.3, 0.4) is 0 Å². The zero-order valence-electron chi connectivity index (χ0n) is 14.9. The van der Waals surface area contributed by atoms with E-state index in [0.717, 1.165) is 5.56 Å². The molecule has 1 N–H and O–H groups in total. The Morgan fingerprint density at radius 1 is 1.07 bits per heavy atom. The van der Waals surface area contributed by atoms with Gasteiger partial charge in [0.15, 0.2) is 5.58 Å². The van der Waals surface area contributed by atoms with Gasteiger partial charge in [0, 0.05) is 18.8 Å². The van der Waals surface area contributed by atoms with Crippen molar-refractivity contribution < 1.29 is 13.9 Å². The van der Waals surface area contributed by atoms with Crippen molar-refractivity contribution in [3.8, 4) is 11.6 Å². The lowest BCUT2D eigenvalue weighted by atomic mass is 10.2. The van der Waals surface area contributed by atoms with Crippen molar-refractivity contribution in [1.82, 2.24) is 14.9 Å². The van der Waals surface area contributed by atoms with Crippen LogP contribution in [0.1, 0.15) is 5.56 Å². The minimum Gasteiger partial charge on any atom is -0.439 e.